The first kappa shape index (κ1) is 21.8. The summed E-state index contributed by atoms with van der Waals surface area (Å²) in [5.74, 6) is 1.54. The van der Waals surface area contributed by atoms with Crippen LogP contribution in [-0.2, 0) is 6.61 Å². The van der Waals surface area contributed by atoms with Gasteiger partial charge in [-0.3, -0.25) is 14.3 Å². The number of hydrogen-bond acceptors (Lipinski definition) is 7. The van der Waals surface area contributed by atoms with E-state index in [0.717, 1.165) is 33.6 Å². The van der Waals surface area contributed by atoms with E-state index in [0.29, 0.717) is 23.6 Å². The molecule has 0 spiro atoms. The molecule has 0 unspecified atom stereocenters. The Hall–Kier alpha value is -3.39. The number of ether oxygens (including phenoxy) is 1. The Morgan fingerprint density at radius 1 is 1.03 bits per heavy atom. The highest BCUT2D eigenvalue weighted by molar-refractivity contribution is 7.09. The minimum absolute atomic E-state index is 0.128. The molecule has 0 aliphatic rings. The van der Waals surface area contributed by atoms with Crippen LogP contribution in [0.15, 0.2) is 46.8 Å². The molecule has 0 amide bonds. The Kier molecular flexibility index (Phi) is 6.14. The fraction of sp³-hybridized carbons (Fsp3) is 0.292. The molecule has 0 aliphatic carbocycles. The molecule has 4 rings (SSSR count). The molecule has 0 radical (unpaired) electrons. The van der Waals surface area contributed by atoms with Crippen molar-refractivity contribution in [3.05, 3.63) is 80.2 Å². The first-order valence-electron chi connectivity index (χ1n) is 10.4. The Bertz CT molecular complexity index is 1330. The molecule has 0 aromatic carbocycles. The van der Waals surface area contributed by atoms with Gasteiger partial charge in [-0.15, -0.1) is 11.3 Å². The van der Waals surface area contributed by atoms with Crippen LogP contribution in [0.4, 0.5) is 0 Å². The van der Waals surface area contributed by atoms with Crippen LogP contribution in [-0.4, -0.2) is 24.5 Å². The smallest absolute Gasteiger partial charge is 0.261 e. The van der Waals surface area contributed by atoms with Crippen LogP contribution in [0.2, 0.25) is 0 Å². The van der Waals surface area contributed by atoms with Crippen molar-refractivity contribution < 1.29 is 4.74 Å². The first-order valence-corrected chi connectivity index (χ1v) is 11.3. The summed E-state index contributed by atoms with van der Waals surface area (Å²) in [5.41, 5.74) is 4.20. The van der Waals surface area contributed by atoms with Crippen LogP contribution < -0.4 is 10.3 Å². The molecular formula is C24H25N5O2S. The number of hydrogen-bond donors (Lipinski definition) is 0. The van der Waals surface area contributed by atoms with Crippen molar-refractivity contribution in [2.45, 2.75) is 47.1 Å². The van der Waals surface area contributed by atoms with Gasteiger partial charge in [0.25, 0.3) is 5.56 Å². The Morgan fingerprint density at radius 2 is 1.81 bits per heavy atom. The summed E-state index contributed by atoms with van der Waals surface area (Å²) in [6.07, 6.45) is 3.43. The normalized spacial score (nSPS) is 11.2. The van der Waals surface area contributed by atoms with Crippen molar-refractivity contribution in [2.24, 2.45) is 0 Å². The van der Waals surface area contributed by atoms with Gasteiger partial charge < -0.3 is 4.74 Å². The number of thiazole rings is 1. The molecule has 4 aromatic rings. The van der Waals surface area contributed by atoms with E-state index >= 15 is 0 Å². The van der Waals surface area contributed by atoms with E-state index in [4.69, 9.17) is 4.74 Å². The molecule has 0 N–H and O–H groups in total. The zero-order valence-electron chi connectivity index (χ0n) is 18.8. The maximum atomic E-state index is 13.2. The van der Waals surface area contributed by atoms with Gasteiger partial charge >= 0.3 is 0 Å². The highest BCUT2D eigenvalue weighted by atomic mass is 32.1. The van der Waals surface area contributed by atoms with Crippen LogP contribution >= 0.6 is 11.3 Å². The van der Waals surface area contributed by atoms with Crippen molar-refractivity contribution in [1.82, 2.24) is 24.5 Å². The lowest BCUT2D eigenvalue weighted by atomic mass is 10.2. The number of aryl methyl sites for hydroxylation is 2. The molecule has 0 saturated heterocycles. The Labute approximate surface area is 190 Å². The predicted molar refractivity (Wildman–Crippen MR) is 126 cm³/mol. The maximum Gasteiger partial charge on any atom is 0.261 e. The molecule has 32 heavy (non-hydrogen) atoms. The second-order valence-electron chi connectivity index (χ2n) is 7.92. The first-order chi connectivity index (χ1) is 15.3. The summed E-state index contributed by atoms with van der Waals surface area (Å²) in [7, 11) is 0. The SMILES string of the molecule is Cc1nc(COc2cc(C)n(-c3ccnc(-c4ccnc(C(C)C)n4)c3)c(=O)c2C)cs1. The molecule has 8 heteroatoms. The molecule has 164 valence electrons. The van der Waals surface area contributed by atoms with Gasteiger partial charge in [0.1, 0.15) is 18.2 Å². The second kappa shape index (κ2) is 9.00. The second-order valence-corrected chi connectivity index (χ2v) is 8.98. The van der Waals surface area contributed by atoms with Crippen LogP contribution in [0, 0.1) is 20.8 Å². The molecule has 4 aromatic heterocycles. The monoisotopic (exact) mass is 447 g/mol. The Morgan fingerprint density at radius 3 is 2.53 bits per heavy atom. The summed E-state index contributed by atoms with van der Waals surface area (Å²) in [5, 5.41) is 2.96. The van der Waals surface area contributed by atoms with Crippen molar-refractivity contribution in [2.75, 3.05) is 0 Å². The topological polar surface area (TPSA) is 82.8 Å². The molecular weight excluding hydrogens is 422 g/mol. The number of pyridine rings is 2. The molecule has 0 atom stereocenters. The summed E-state index contributed by atoms with van der Waals surface area (Å²) in [6, 6.07) is 7.41. The zero-order valence-corrected chi connectivity index (χ0v) is 19.6. The lowest BCUT2D eigenvalue weighted by Crippen LogP contribution is -2.23. The molecule has 7 nitrogen and oxygen atoms in total. The molecule has 0 fully saturated rings. The van der Waals surface area contributed by atoms with Crippen molar-refractivity contribution in [1.29, 1.82) is 0 Å². The van der Waals surface area contributed by atoms with Gasteiger partial charge in [0, 0.05) is 35.5 Å². The average molecular weight is 448 g/mol. The van der Waals surface area contributed by atoms with E-state index in [2.05, 4.69) is 19.9 Å². The van der Waals surface area contributed by atoms with E-state index in [9.17, 15) is 4.79 Å². The number of aromatic nitrogens is 5. The molecule has 0 saturated carbocycles. The average Bonchev–Trinajstić information content (AvgIpc) is 3.20. The third kappa shape index (κ3) is 4.45. The summed E-state index contributed by atoms with van der Waals surface area (Å²) in [6.45, 7) is 10.1. The largest absolute Gasteiger partial charge is 0.487 e. The standard InChI is InChI=1S/C24H25N5O2S/c1-14(2)23-26-9-7-20(28-23)21-11-19(6-8-25-21)29-15(3)10-22(16(4)24(29)30)31-12-18-13-32-17(5)27-18/h6-11,13-14H,12H2,1-5H3. The van der Waals surface area contributed by atoms with E-state index in [1.54, 1.807) is 35.2 Å². The Balaban J connectivity index is 1.68. The fourth-order valence-corrected chi connectivity index (χ4v) is 3.98. The van der Waals surface area contributed by atoms with Crippen molar-refractivity contribution in [3.63, 3.8) is 0 Å². The predicted octanol–water partition coefficient (Wildman–Crippen LogP) is 4.77. The molecule has 0 aliphatic heterocycles. The van der Waals surface area contributed by atoms with Crippen LogP contribution in [0.25, 0.3) is 17.1 Å². The van der Waals surface area contributed by atoms with Crippen LogP contribution in [0.5, 0.6) is 5.75 Å². The van der Waals surface area contributed by atoms with Crippen molar-refractivity contribution >= 4 is 11.3 Å². The van der Waals surface area contributed by atoms with E-state index < -0.39 is 0 Å². The molecule has 0 bridgehead atoms. The fourth-order valence-electron chi connectivity index (χ4n) is 3.39. The lowest BCUT2D eigenvalue weighted by Gasteiger charge is -2.15. The minimum atomic E-state index is -0.128. The van der Waals surface area contributed by atoms with E-state index in [1.165, 1.54) is 0 Å². The van der Waals surface area contributed by atoms with Gasteiger partial charge in [-0.1, -0.05) is 13.8 Å². The maximum absolute atomic E-state index is 13.2. The highest BCUT2D eigenvalue weighted by Crippen LogP contribution is 2.23. The van der Waals surface area contributed by atoms with E-state index in [1.807, 2.05) is 57.3 Å². The van der Waals surface area contributed by atoms with Crippen molar-refractivity contribution in [3.8, 4) is 22.8 Å². The van der Waals surface area contributed by atoms with Crippen LogP contribution in [0.3, 0.4) is 0 Å². The third-order valence-corrected chi connectivity index (χ3v) is 5.91. The van der Waals surface area contributed by atoms with E-state index in [-0.39, 0.29) is 11.5 Å². The third-order valence-electron chi connectivity index (χ3n) is 5.08. The summed E-state index contributed by atoms with van der Waals surface area (Å²) < 4.78 is 7.59. The molecule has 4 heterocycles. The highest BCUT2D eigenvalue weighted by Gasteiger charge is 2.14. The summed E-state index contributed by atoms with van der Waals surface area (Å²) >= 11 is 1.58. The van der Waals surface area contributed by atoms with Gasteiger partial charge in [-0.2, -0.15) is 0 Å². The van der Waals surface area contributed by atoms with Gasteiger partial charge in [-0.25, -0.2) is 15.0 Å². The quantitative estimate of drug-likeness (QED) is 0.423. The van der Waals surface area contributed by atoms with Gasteiger partial charge in [0.2, 0.25) is 0 Å². The minimum Gasteiger partial charge on any atom is -0.487 e. The van der Waals surface area contributed by atoms with Gasteiger partial charge in [0.15, 0.2) is 0 Å². The summed E-state index contributed by atoms with van der Waals surface area (Å²) in [4.78, 5) is 31.1. The zero-order chi connectivity index (χ0) is 22.8. The lowest BCUT2D eigenvalue weighted by molar-refractivity contribution is 0.298. The van der Waals surface area contributed by atoms with Crippen LogP contribution in [0.1, 0.15) is 47.5 Å². The van der Waals surface area contributed by atoms with Gasteiger partial charge in [0.05, 0.1) is 33.3 Å². The number of nitrogens with zero attached hydrogens (tertiary/aromatic N) is 5. The van der Waals surface area contributed by atoms with Gasteiger partial charge in [-0.05, 0) is 39.0 Å². The number of rotatable bonds is 6.